The average Bonchev–Trinajstić information content (AvgIpc) is 2.73. The number of phenolic OH excluding ortho intramolecular Hbond substituents is 1. The fraction of sp³-hybridized carbons (Fsp3) is 0.692. The molecule has 0 radical (unpaired) electrons. The van der Waals surface area contributed by atoms with Crippen LogP contribution in [0, 0.1) is 11.8 Å². The molecule has 0 heterocycles. The van der Waals surface area contributed by atoms with E-state index in [-0.39, 0.29) is 36.3 Å². The maximum atomic E-state index is 11.9. The minimum atomic E-state index is -0.395. The topological polar surface area (TPSA) is 102 Å². The molecule has 1 aromatic carbocycles. The molecule has 0 saturated heterocycles. The molecule has 1 aliphatic carbocycles. The van der Waals surface area contributed by atoms with Gasteiger partial charge in [-0.05, 0) is 61.6 Å². The van der Waals surface area contributed by atoms with Crippen molar-refractivity contribution in [3.63, 3.8) is 0 Å². The van der Waals surface area contributed by atoms with Crippen molar-refractivity contribution in [3.8, 4) is 11.5 Å². The van der Waals surface area contributed by atoms with Crippen molar-refractivity contribution in [2.24, 2.45) is 11.8 Å². The molecule has 186 valence electrons. The van der Waals surface area contributed by atoms with Crippen molar-refractivity contribution in [1.82, 2.24) is 0 Å². The highest BCUT2D eigenvalue weighted by molar-refractivity contribution is 5.66. The molecule has 1 aromatic rings. The lowest BCUT2D eigenvalue weighted by molar-refractivity contribution is -0.156. The molecule has 1 saturated carbocycles. The number of carbonyl (C=O) groups excluding carboxylic acids is 2. The minimum absolute atomic E-state index is 0.0782. The largest absolute Gasteiger partial charge is 0.504 e. The second-order valence-corrected chi connectivity index (χ2v) is 9.17. The lowest BCUT2D eigenvalue weighted by Gasteiger charge is -2.33. The number of benzene rings is 1. The lowest BCUT2D eigenvalue weighted by atomic mass is 9.79. The zero-order valence-electron chi connectivity index (χ0n) is 20.3. The molecular formula is C26H40O7. The maximum absolute atomic E-state index is 11.9. The number of esters is 2. The van der Waals surface area contributed by atoms with Gasteiger partial charge in [0.05, 0.1) is 7.11 Å². The average molecular weight is 465 g/mol. The number of aliphatic hydroxyl groups excluding tert-OH is 1. The highest BCUT2D eigenvalue weighted by atomic mass is 16.6. The molecule has 7 heteroatoms. The first-order valence-electron chi connectivity index (χ1n) is 12.1. The summed E-state index contributed by atoms with van der Waals surface area (Å²) in [4.78, 5) is 23.8. The van der Waals surface area contributed by atoms with Crippen LogP contribution in [-0.2, 0) is 25.5 Å². The number of hydrogen-bond donors (Lipinski definition) is 2. The summed E-state index contributed by atoms with van der Waals surface area (Å²) in [6, 6.07) is 5.19. The molecule has 2 N–H and O–H groups in total. The van der Waals surface area contributed by atoms with Crippen LogP contribution in [0.5, 0.6) is 11.5 Å². The van der Waals surface area contributed by atoms with Crippen LogP contribution in [0.4, 0.5) is 0 Å². The van der Waals surface area contributed by atoms with E-state index in [1.165, 1.54) is 27.4 Å². The Balaban J connectivity index is 2.14. The summed E-state index contributed by atoms with van der Waals surface area (Å²) in [7, 11) is 1.50. The summed E-state index contributed by atoms with van der Waals surface area (Å²) in [5.74, 6) is 0.382. The standard InChI is InChI=1S/C26H40O7/c1-18(28)32-23(11-9-21-10-12-24(30)26(16-21)31-3)17-25(33-19(2)29)22-8-6-4-5-7-20(15-22)13-14-27/h10,12,16,20,22-23,25,27,30H,4-9,11,13-15,17H2,1-3H3/t20-,22+,23-,25-/m1/s1. The SMILES string of the molecule is COc1cc(CC[C@H](C[C@@H](OC(C)=O)[C@H]2CCCCC[C@H](CCO)C2)OC(C)=O)ccc1O. The van der Waals surface area contributed by atoms with Crippen molar-refractivity contribution in [1.29, 1.82) is 0 Å². The van der Waals surface area contributed by atoms with Crippen LogP contribution in [0.2, 0.25) is 0 Å². The van der Waals surface area contributed by atoms with Gasteiger partial charge in [-0.2, -0.15) is 0 Å². The lowest BCUT2D eigenvalue weighted by Crippen LogP contribution is -2.34. The van der Waals surface area contributed by atoms with Gasteiger partial charge in [0.25, 0.3) is 0 Å². The van der Waals surface area contributed by atoms with E-state index in [4.69, 9.17) is 14.2 Å². The van der Waals surface area contributed by atoms with Crippen LogP contribution in [0.1, 0.15) is 77.2 Å². The number of hydrogen-bond acceptors (Lipinski definition) is 7. The van der Waals surface area contributed by atoms with Crippen LogP contribution in [0.25, 0.3) is 0 Å². The van der Waals surface area contributed by atoms with E-state index in [1.807, 2.05) is 6.07 Å². The maximum Gasteiger partial charge on any atom is 0.302 e. The Morgan fingerprint density at radius 3 is 2.48 bits per heavy atom. The minimum Gasteiger partial charge on any atom is -0.504 e. The van der Waals surface area contributed by atoms with Crippen LogP contribution in [0.3, 0.4) is 0 Å². The second-order valence-electron chi connectivity index (χ2n) is 9.17. The molecule has 2 rings (SSSR count). The zero-order valence-corrected chi connectivity index (χ0v) is 20.3. The summed E-state index contributed by atoms with van der Waals surface area (Å²) in [6.07, 6.45) is 8.01. The zero-order chi connectivity index (χ0) is 24.2. The fourth-order valence-electron chi connectivity index (χ4n) is 4.94. The van der Waals surface area contributed by atoms with Crippen LogP contribution in [-0.4, -0.2) is 48.1 Å². The predicted octanol–water partition coefficient (Wildman–Crippen LogP) is 4.56. The molecule has 33 heavy (non-hydrogen) atoms. The van der Waals surface area contributed by atoms with Crippen molar-refractivity contribution in [3.05, 3.63) is 23.8 Å². The van der Waals surface area contributed by atoms with Crippen LogP contribution < -0.4 is 4.74 Å². The van der Waals surface area contributed by atoms with Gasteiger partial charge in [-0.3, -0.25) is 9.59 Å². The molecule has 0 aromatic heterocycles. The Morgan fingerprint density at radius 1 is 1.09 bits per heavy atom. The first kappa shape index (κ1) is 27.0. The Hall–Kier alpha value is -2.28. The molecule has 0 bridgehead atoms. The van der Waals surface area contributed by atoms with Crippen molar-refractivity contribution in [2.45, 2.75) is 90.3 Å². The summed E-state index contributed by atoms with van der Waals surface area (Å²) in [6.45, 7) is 2.98. The van der Waals surface area contributed by atoms with Crippen LogP contribution >= 0.6 is 0 Å². The van der Waals surface area contributed by atoms with Gasteiger partial charge < -0.3 is 24.4 Å². The van der Waals surface area contributed by atoms with Gasteiger partial charge >= 0.3 is 11.9 Å². The monoisotopic (exact) mass is 464 g/mol. The molecule has 1 fully saturated rings. The molecule has 0 amide bonds. The summed E-state index contributed by atoms with van der Waals surface area (Å²) in [5, 5.41) is 19.3. The number of phenols is 1. The van der Waals surface area contributed by atoms with Crippen LogP contribution in [0.15, 0.2) is 18.2 Å². The van der Waals surface area contributed by atoms with E-state index in [0.717, 1.165) is 44.1 Å². The number of ether oxygens (including phenoxy) is 3. The quantitative estimate of drug-likeness (QED) is 0.463. The number of rotatable bonds is 11. The Labute approximate surface area is 197 Å². The van der Waals surface area contributed by atoms with Crippen molar-refractivity contribution in [2.75, 3.05) is 13.7 Å². The van der Waals surface area contributed by atoms with E-state index >= 15 is 0 Å². The van der Waals surface area contributed by atoms with E-state index in [2.05, 4.69) is 0 Å². The third-order valence-electron chi connectivity index (χ3n) is 6.53. The first-order valence-corrected chi connectivity index (χ1v) is 12.1. The van der Waals surface area contributed by atoms with Crippen molar-refractivity contribution < 1.29 is 34.0 Å². The van der Waals surface area contributed by atoms with Gasteiger partial charge in [0.2, 0.25) is 0 Å². The van der Waals surface area contributed by atoms with Gasteiger partial charge in [0.1, 0.15) is 12.2 Å². The molecule has 0 spiro atoms. The number of aromatic hydroxyl groups is 1. The highest BCUT2D eigenvalue weighted by Gasteiger charge is 2.31. The molecule has 0 unspecified atom stereocenters. The summed E-state index contributed by atoms with van der Waals surface area (Å²) in [5.41, 5.74) is 0.958. The number of aliphatic hydroxyl groups is 1. The van der Waals surface area contributed by atoms with Gasteiger partial charge in [0, 0.05) is 26.9 Å². The van der Waals surface area contributed by atoms with Gasteiger partial charge in [-0.25, -0.2) is 0 Å². The Morgan fingerprint density at radius 2 is 1.82 bits per heavy atom. The second kappa shape index (κ2) is 14.1. The first-order chi connectivity index (χ1) is 15.8. The molecule has 1 aliphatic rings. The van der Waals surface area contributed by atoms with E-state index in [9.17, 15) is 19.8 Å². The Bertz CT molecular complexity index is 748. The fourth-order valence-corrected chi connectivity index (χ4v) is 4.94. The van der Waals surface area contributed by atoms with E-state index < -0.39 is 6.10 Å². The van der Waals surface area contributed by atoms with E-state index in [0.29, 0.717) is 30.9 Å². The highest BCUT2D eigenvalue weighted by Crippen LogP contribution is 2.34. The normalized spacial score (nSPS) is 20.7. The molecule has 0 aliphatic heterocycles. The smallest absolute Gasteiger partial charge is 0.302 e. The number of carbonyl (C=O) groups is 2. The predicted molar refractivity (Wildman–Crippen MR) is 125 cm³/mol. The molecule has 7 nitrogen and oxygen atoms in total. The third kappa shape index (κ3) is 9.62. The van der Waals surface area contributed by atoms with E-state index in [1.54, 1.807) is 12.1 Å². The van der Waals surface area contributed by atoms with Gasteiger partial charge in [-0.15, -0.1) is 0 Å². The van der Waals surface area contributed by atoms with Crippen molar-refractivity contribution >= 4 is 11.9 Å². The number of aryl methyl sites for hydroxylation is 1. The molecular weight excluding hydrogens is 424 g/mol. The number of methoxy groups -OCH3 is 1. The third-order valence-corrected chi connectivity index (χ3v) is 6.53. The summed E-state index contributed by atoms with van der Waals surface area (Å²) >= 11 is 0. The summed E-state index contributed by atoms with van der Waals surface area (Å²) < 4.78 is 16.6. The Kier molecular flexibility index (Phi) is 11.5. The van der Waals surface area contributed by atoms with Gasteiger partial charge in [-0.1, -0.05) is 31.7 Å². The molecule has 4 atom stereocenters. The van der Waals surface area contributed by atoms with Gasteiger partial charge in [0.15, 0.2) is 11.5 Å².